The summed E-state index contributed by atoms with van der Waals surface area (Å²) in [4.78, 5) is 0. The molecule has 0 aromatic heterocycles. The number of hydrogen-bond donors (Lipinski definition) is 1. The van der Waals surface area contributed by atoms with E-state index in [0.29, 0.717) is 6.10 Å². The molecule has 1 aliphatic rings. The van der Waals surface area contributed by atoms with Crippen LogP contribution in [-0.2, 0) is 4.74 Å². The quantitative estimate of drug-likeness (QED) is 0.866. The van der Waals surface area contributed by atoms with Gasteiger partial charge in [0.15, 0.2) is 0 Å². The van der Waals surface area contributed by atoms with Crippen molar-refractivity contribution in [3.63, 3.8) is 0 Å². The molecule has 0 bridgehead atoms. The van der Waals surface area contributed by atoms with Gasteiger partial charge in [0.2, 0.25) is 0 Å². The average Bonchev–Trinajstić information content (AvgIpc) is 2.82. The molecule has 2 atom stereocenters. The lowest BCUT2D eigenvalue weighted by Gasteiger charge is -2.16. The summed E-state index contributed by atoms with van der Waals surface area (Å²) in [6.07, 6.45) is 4.98. The van der Waals surface area contributed by atoms with Crippen LogP contribution in [0.4, 0.5) is 0 Å². The Bertz CT molecular complexity index is 369. The maximum atomic E-state index is 6.24. The summed E-state index contributed by atoms with van der Waals surface area (Å²) in [5, 5.41) is 0. The van der Waals surface area contributed by atoms with E-state index >= 15 is 0 Å². The third-order valence-electron chi connectivity index (χ3n) is 3.78. The van der Waals surface area contributed by atoms with Crippen LogP contribution < -0.4 is 5.73 Å². The van der Waals surface area contributed by atoms with Crippen molar-refractivity contribution in [1.82, 2.24) is 0 Å². The first-order chi connectivity index (χ1) is 8.16. The lowest BCUT2D eigenvalue weighted by Crippen LogP contribution is -2.14. The zero-order chi connectivity index (χ0) is 12.3. The lowest BCUT2D eigenvalue weighted by atomic mass is 9.97. The SMILES string of the molecule is Cc1ccc(C(N)CCC2CCCO2)cc1C. The molecule has 0 spiro atoms. The Morgan fingerprint density at radius 2 is 2.18 bits per heavy atom. The number of hydrogen-bond acceptors (Lipinski definition) is 2. The second kappa shape index (κ2) is 5.65. The highest BCUT2D eigenvalue weighted by molar-refractivity contribution is 5.31. The van der Waals surface area contributed by atoms with Gasteiger partial charge in [0, 0.05) is 12.6 Å². The Morgan fingerprint density at radius 1 is 1.35 bits per heavy atom. The van der Waals surface area contributed by atoms with E-state index in [9.17, 15) is 0 Å². The minimum absolute atomic E-state index is 0.151. The molecular weight excluding hydrogens is 210 g/mol. The first-order valence-corrected chi connectivity index (χ1v) is 6.61. The maximum absolute atomic E-state index is 6.24. The van der Waals surface area contributed by atoms with Gasteiger partial charge in [0.05, 0.1) is 6.10 Å². The van der Waals surface area contributed by atoms with Gasteiger partial charge in [-0.1, -0.05) is 18.2 Å². The third kappa shape index (κ3) is 3.30. The molecule has 1 aromatic rings. The molecule has 0 radical (unpaired) electrons. The normalized spacial score (nSPS) is 21.7. The van der Waals surface area contributed by atoms with Crippen LogP contribution in [0.1, 0.15) is 48.4 Å². The highest BCUT2D eigenvalue weighted by Crippen LogP contribution is 2.23. The van der Waals surface area contributed by atoms with Gasteiger partial charge in [-0.2, -0.15) is 0 Å². The molecule has 2 N–H and O–H groups in total. The molecule has 2 nitrogen and oxygen atoms in total. The molecule has 17 heavy (non-hydrogen) atoms. The van der Waals surface area contributed by atoms with E-state index < -0.39 is 0 Å². The van der Waals surface area contributed by atoms with Gasteiger partial charge in [-0.05, 0) is 56.2 Å². The van der Waals surface area contributed by atoms with E-state index in [-0.39, 0.29) is 6.04 Å². The number of aryl methyl sites for hydroxylation is 2. The molecule has 2 heteroatoms. The van der Waals surface area contributed by atoms with Crippen molar-refractivity contribution in [1.29, 1.82) is 0 Å². The summed E-state index contributed by atoms with van der Waals surface area (Å²) in [7, 11) is 0. The van der Waals surface area contributed by atoms with Gasteiger partial charge in [-0.3, -0.25) is 0 Å². The van der Waals surface area contributed by atoms with Crippen LogP contribution in [0, 0.1) is 13.8 Å². The second-order valence-electron chi connectivity index (χ2n) is 5.16. The lowest BCUT2D eigenvalue weighted by molar-refractivity contribution is 0.101. The zero-order valence-electron chi connectivity index (χ0n) is 10.9. The molecule has 1 heterocycles. The maximum Gasteiger partial charge on any atom is 0.0576 e. The summed E-state index contributed by atoms with van der Waals surface area (Å²) in [5.41, 5.74) is 10.2. The van der Waals surface area contributed by atoms with E-state index in [1.54, 1.807) is 0 Å². The molecular formula is C15H23NO. The van der Waals surface area contributed by atoms with Gasteiger partial charge >= 0.3 is 0 Å². The molecule has 2 rings (SSSR count). The standard InChI is InChI=1S/C15H23NO/c1-11-5-6-13(10-12(11)2)15(16)8-7-14-4-3-9-17-14/h5-6,10,14-15H,3-4,7-9,16H2,1-2H3. The predicted molar refractivity (Wildman–Crippen MR) is 71.1 cm³/mol. The van der Waals surface area contributed by atoms with Gasteiger partial charge in [0.1, 0.15) is 0 Å². The highest BCUT2D eigenvalue weighted by Gasteiger charge is 2.17. The molecule has 94 valence electrons. The summed E-state index contributed by atoms with van der Waals surface area (Å²) >= 11 is 0. The Hall–Kier alpha value is -0.860. The van der Waals surface area contributed by atoms with Crippen molar-refractivity contribution < 1.29 is 4.74 Å². The van der Waals surface area contributed by atoms with E-state index in [2.05, 4.69) is 32.0 Å². The topological polar surface area (TPSA) is 35.2 Å². The van der Waals surface area contributed by atoms with Crippen molar-refractivity contribution in [3.05, 3.63) is 34.9 Å². The van der Waals surface area contributed by atoms with Gasteiger partial charge in [0.25, 0.3) is 0 Å². The van der Waals surface area contributed by atoms with Crippen molar-refractivity contribution in [2.75, 3.05) is 6.61 Å². The van der Waals surface area contributed by atoms with E-state index in [4.69, 9.17) is 10.5 Å². The van der Waals surface area contributed by atoms with Gasteiger partial charge in [-0.25, -0.2) is 0 Å². The first-order valence-electron chi connectivity index (χ1n) is 6.61. The summed E-state index contributed by atoms with van der Waals surface area (Å²) in [5.74, 6) is 0. The van der Waals surface area contributed by atoms with Crippen LogP contribution in [0.2, 0.25) is 0 Å². The molecule has 2 unspecified atom stereocenters. The van der Waals surface area contributed by atoms with Crippen molar-refractivity contribution >= 4 is 0 Å². The minimum atomic E-state index is 0.151. The number of ether oxygens (including phenoxy) is 1. The molecule has 1 aliphatic heterocycles. The van der Waals surface area contributed by atoms with Crippen LogP contribution in [0.5, 0.6) is 0 Å². The molecule has 1 aromatic carbocycles. The second-order valence-corrected chi connectivity index (χ2v) is 5.16. The monoisotopic (exact) mass is 233 g/mol. The largest absolute Gasteiger partial charge is 0.378 e. The number of nitrogens with two attached hydrogens (primary N) is 1. The number of rotatable bonds is 4. The van der Waals surface area contributed by atoms with E-state index in [1.165, 1.54) is 29.5 Å². The minimum Gasteiger partial charge on any atom is -0.378 e. The molecule has 0 amide bonds. The Kier molecular flexibility index (Phi) is 4.19. The fourth-order valence-corrected chi connectivity index (χ4v) is 2.40. The Morgan fingerprint density at radius 3 is 2.82 bits per heavy atom. The molecule has 0 saturated carbocycles. The summed E-state index contributed by atoms with van der Waals surface area (Å²) < 4.78 is 5.63. The van der Waals surface area contributed by atoms with Crippen molar-refractivity contribution in [2.24, 2.45) is 5.73 Å². The fourth-order valence-electron chi connectivity index (χ4n) is 2.40. The summed E-state index contributed by atoms with van der Waals surface area (Å²) in [6.45, 7) is 5.21. The highest BCUT2D eigenvalue weighted by atomic mass is 16.5. The van der Waals surface area contributed by atoms with Gasteiger partial charge < -0.3 is 10.5 Å². The number of benzene rings is 1. The smallest absolute Gasteiger partial charge is 0.0576 e. The van der Waals surface area contributed by atoms with Crippen molar-refractivity contribution in [2.45, 2.75) is 51.7 Å². The third-order valence-corrected chi connectivity index (χ3v) is 3.78. The van der Waals surface area contributed by atoms with Gasteiger partial charge in [-0.15, -0.1) is 0 Å². The Labute approximate surface area is 104 Å². The Balaban J connectivity index is 1.89. The first kappa shape index (κ1) is 12.6. The summed E-state index contributed by atoms with van der Waals surface area (Å²) in [6, 6.07) is 6.69. The average molecular weight is 233 g/mol. The van der Waals surface area contributed by atoms with Crippen LogP contribution in [0.25, 0.3) is 0 Å². The van der Waals surface area contributed by atoms with E-state index in [1.807, 2.05) is 0 Å². The van der Waals surface area contributed by atoms with Crippen LogP contribution in [-0.4, -0.2) is 12.7 Å². The van der Waals surface area contributed by atoms with Crippen LogP contribution in [0.15, 0.2) is 18.2 Å². The van der Waals surface area contributed by atoms with E-state index in [0.717, 1.165) is 19.4 Å². The van der Waals surface area contributed by atoms with Crippen LogP contribution >= 0.6 is 0 Å². The molecule has 1 fully saturated rings. The van der Waals surface area contributed by atoms with Crippen LogP contribution in [0.3, 0.4) is 0 Å². The van der Waals surface area contributed by atoms with Crippen molar-refractivity contribution in [3.8, 4) is 0 Å². The molecule has 1 saturated heterocycles. The fraction of sp³-hybridized carbons (Fsp3) is 0.600. The zero-order valence-corrected chi connectivity index (χ0v) is 10.9. The molecule has 0 aliphatic carbocycles. The predicted octanol–water partition coefficient (Wildman–Crippen LogP) is 3.26.